The number of ketones is 2. The molecule has 0 aromatic carbocycles. The molecule has 0 bridgehead atoms. The Hall–Kier alpha value is -1.25. The van der Waals surface area contributed by atoms with E-state index < -0.39 is 5.67 Å². The lowest BCUT2D eigenvalue weighted by atomic mass is 9.45. The zero-order chi connectivity index (χ0) is 18.2. The zero-order valence-electron chi connectivity index (χ0n) is 15.8. The van der Waals surface area contributed by atoms with Gasteiger partial charge in [0.2, 0.25) is 0 Å². The molecule has 7 atom stereocenters. The highest BCUT2D eigenvalue weighted by Crippen LogP contribution is 2.67. The molecular weight excluding hydrogens is 315 g/mol. The number of alkyl halides is 1. The monoisotopic (exact) mass is 344 g/mol. The molecule has 0 aromatic heterocycles. The van der Waals surface area contributed by atoms with E-state index in [4.69, 9.17) is 0 Å². The summed E-state index contributed by atoms with van der Waals surface area (Å²) in [5.74, 6) is 1.43. The number of halogens is 1. The van der Waals surface area contributed by atoms with Crippen molar-refractivity contribution < 1.29 is 14.0 Å². The number of carbonyl (C=O) groups excluding carboxylic acids is 2. The van der Waals surface area contributed by atoms with E-state index in [1.54, 1.807) is 26.0 Å². The summed E-state index contributed by atoms with van der Waals surface area (Å²) in [5, 5.41) is 0. The van der Waals surface area contributed by atoms with Gasteiger partial charge in [-0.05, 0) is 86.8 Å². The molecule has 25 heavy (non-hydrogen) atoms. The van der Waals surface area contributed by atoms with Crippen LogP contribution in [0.25, 0.3) is 0 Å². The topological polar surface area (TPSA) is 34.1 Å². The van der Waals surface area contributed by atoms with E-state index in [0.29, 0.717) is 29.6 Å². The maximum atomic E-state index is 15.7. The summed E-state index contributed by atoms with van der Waals surface area (Å²) < 4.78 is 15.7. The van der Waals surface area contributed by atoms with Crippen molar-refractivity contribution >= 4 is 11.6 Å². The lowest BCUT2D eigenvalue weighted by Crippen LogP contribution is -2.55. The smallest absolute Gasteiger partial charge is 0.178 e. The Morgan fingerprint density at radius 1 is 1.16 bits per heavy atom. The molecule has 0 heterocycles. The molecule has 0 amide bonds. The number of allylic oxidation sites excluding steroid dienone is 4. The Labute approximate surface area is 149 Å². The van der Waals surface area contributed by atoms with Crippen LogP contribution in [-0.4, -0.2) is 17.2 Å². The Morgan fingerprint density at radius 3 is 2.56 bits per heavy atom. The van der Waals surface area contributed by atoms with E-state index in [0.717, 1.165) is 25.7 Å². The molecule has 4 rings (SSSR count). The lowest BCUT2D eigenvalue weighted by Gasteiger charge is -2.59. The molecule has 0 N–H and O–H groups in total. The minimum atomic E-state index is -1.44. The first-order valence-electron chi connectivity index (χ1n) is 9.75. The van der Waals surface area contributed by atoms with E-state index in [1.807, 2.05) is 6.08 Å². The average Bonchev–Trinajstić information content (AvgIpc) is 2.86. The fourth-order valence-electron chi connectivity index (χ4n) is 7.26. The molecule has 4 aliphatic carbocycles. The van der Waals surface area contributed by atoms with Gasteiger partial charge in [-0.1, -0.05) is 19.9 Å². The highest BCUT2D eigenvalue weighted by Gasteiger charge is 2.63. The van der Waals surface area contributed by atoms with Crippen LogP contribution in [0.15, 0.2) is 23.8 Å². The molecule has 0 saturated heterocycles. The van der Waals surface area contributed by atoms with Crippen LogP contribution in [0, 0.1) is 34.5 Å². The summed E-state index contributed by atoms with van der Waals surface area (Å²) in [6.45, 7) is 7.78. The summed E-state index contributed by atoms with van der Waals surface area (Å²) in [6.07, 6.45) is 9.69. The molecule has 0 aliphatic heterocycles. The predicted molar refractivity (Wildman–Crippen MR) is 95.7 cm³/mol. The molecule has 3 heteroatoms. The number of hydrogen-bond acceptors (Lipinski definition) is 2. The van der Waals surface area contributed by atoms with Crippen LogP contribution < -0.4 is 0 Å². The fourth-order valence-corrected chi connectivity index (χ4v) is 7.26. The van der Waals surface area contributed by atoms with Gasteiger partial charge in [-0.15, -0.1) is 0 Å². The quantitative estimate of drug-likeness (QED) is 0.682. The lowest BCUT2D eigenvalue weighted by molar-refractivity contribution is -0.128. The normalized spacial score (nSPS) is 51.4. The second kappa shape index (κ2) is 5.14. The number of hydrogen-bond donors (Lipinski definition) is 0. The first kappa shape index (κ1) is 17.2. The van der Waals surface area contributed by atoms with Crippen LogP contribution in [0.2, 0.25) is 0 Å². The Balaban J connectivity index is 1.76. The van der Waals surface area contributed by atoms with Crippen molar-refractivity contribution in [3.05, 3.63) is 23.8 Å². The van der Waals surface area contributed by atoms with Gasteiger partial charge in [-0.25, -0.2) is 4.39 Å². The Morgan fingerprint density at radius 2 is 1.88 bits per heavy atom. The molecule has 0 radical (unpaired) electrons. The molecule has 4 aliphatic rings. The summed E-state index contributed by atoms with van der Waals surface area (Å²) >= 11 is 0. The standard InChI is InChI=1S/C22H29FO2/c1-13(24)16-5-6-17-15-12-22(4,23)19-11-14(25)7-9-21(19,3)18(15)8-10-20(16,17)2/h7,9,11,15-18H,5-6,8,10,12H2,1-4H3/t15-,16+,17-,18-,20+,21+,22?/m0/s1. The molecule has 136 valence electrons. The van der Waals surface area contributed by atoms with E-state index in [1.165, 1.54) is 0 Å². The SMILES string of the molecule is CC(=O)[C@H]1CC[C@H]2[C@@H]3CC(C)(F)C4=CC(=O)C=C[C@]4(C)[C@H]3CC[C@]12C. The largest absolute Gasteiger partial charge is 0.300 e. The minimum absolute atomic E-state index is 0.0227. The van der Waals surface area contributed by atoms with Gasteiger partial charge in [0.25, 0.3) is 0 Å². The van der Waals surface area contributed by atoms with Crippen molar-refractivity contribution in [3.8, 4) is 0 Å². The van der Waals surface area contributed by atoms with Crippen molar-refractivity contribution in [1.82, 2.24) is 0 Å². The van der Waals surface area contributed by atoms with Crippen LogP contribution in [0.3, 0.4) is 0 Å². The molecule has 3 fully saturated rings. The van der Waals surface area contributed by atoms with Crippen molar-refractivity contribution in [3.63, 3.8) is 0 Å². The predicted octanol–water partition coefficient (Wildman–Crippen LogP) is 4.84. The van der Waals surface area contributed by atoms with Gasteiger partial charge in [0.05, 0.1) is 0 Å². The highest BCUT2D eigenvalue weighted by molar-refractivity contribution is 6.01. The van der Waals surface area contributed by atoms with E-state index in [-0.39, 0.29) is 28.4 Å². The molecule has 3 saturated carbocycles. The van der Waals surface area contributed by atoms with E-state index in [9.17, 15) is 9.59 Å². The maximum absolute atomic E-state index is 15.7. The second-order valence-corrected chi connectivity index (χ2v) is 9.64. The van der Waals surface area contributed by atoms with Gasteiger partial charge >= 0.3 is 0 Å². The first-order valence-corrected chi connectivity index (χ1v) is 9.75. The molecule has 0 spiro atoms. The van der Waals surface area contributed by atoms with Crippen molar-refractivity contribution in [2.75, 3.05) is 0 Å². The van der Waals surface area contributed by atoms with Gasteiger partial charge in [0, 0.05) is 11.3 Å². The van der Waals surface area contributed by atoms with E-state index >= 15 is 4.39 Å². The third kappa shape index (κ3) is 2.20. The van der Waals surface area contributed by atoms with Gasteiger partial charge in [0.15, 0.2) is 5.78 Å². The van der Waals surface area contributed by atoms with Gasteiger partial charge in [0.1, 0.15) is 11.5 Å². The van der Waals surface area contributed by atoms with Crippen LogP contribution in [-0.2, 0) is 9.59 Å². The summed E-state index contributed by atoms with van der Waals surface area (Å²) in [5.41, 5.74) is -1.10. The second-order valence-electron chi connectivity index (χ2n) is 9.64. The maximum Gasteiger partial charge on any atom is 0.178 e. The molecule has 0 aromatic rings. The van der Waals surface area contributed by atoms with Crippen LogP contribution in [0.4, 0.5) is 4.39 Å². The number of Topliss-reactive ketones (excluding diaryl/α,β-unsaturated/α-hetero) is 1. The third-order valence-corrected chi connectivity index (χ3v) is 8.34. The van der Waals surface area contributed by atoms with Crippen molar-refractivity contribution in [2.45, 2.75) is 65.5 Å². The minimum Gasteiger partial charge on any atom is -0.300 e. The average molecular weight is 344 g/mol. The molecule has 2 nitrogen and oxygen atoms in total. The Kier molecular flexibility index (Phi) is 3.53. The fraction of sp³-hybridized carbons (Fsp3) is 0.727. The first-order chi connectivity index (χ1) is 11.6. The number of rotatable bonds is 1. The van der Waals surface area contributed by atoms with Crippen LogP contribution in [0.1, 0.15) is 59.8 Å². The van der Waals surface area contributed by atoms with Gasteiger partial charge < -0.3 is 0 Å². The van der Waals surface area contributed by atoms with Crippen LogP contribution >= 0.6 is 0 Å². The number of fused-ring (bicyclic) bond motifs is 5. The third-order valence-electron chi connectivity index (χ3n) is 8.34. The zero-order valence-corrected chi connectivity index (χ0v) is 15.8. The molecular formula is C22H29FO2. The van der Waals surface area contributed by atoms with Gasteiger partial charge in [-0.2, -0.15) is 0 Å². The van der Waals surface area contributed by atoms with Crippen LogP contribution in [0.5, 0.6) is 0 Å². The van der Waals surface area contributed by atoms with Crippen molar-refractivity contribution in [1.29, 1.82) is 0 Å². The van der Waals surface area contributed by atoms with E-state index in [2.05, 4.69) is 13.8 Å². The molecule has 1 unspecified atom stereocenters. The summed E-state index contributed by atoms with van der Waals surface area (Å²) in [6, 6.07) is 0. The van der Waals surface area contributed by atoms with Crippen molar-refractivity contribution in [2.24, 2.45) is 34.5 Å². The highest BCUT2D eigenvalue weighted by atomic mass is 19.1. The number of carbonyl (C=O) groups is 2. The Bertz CT molecular complexity index is 703. The summed E-state index contributed by atoms with van der Waals surface area (Å²) in [7, 11) is 0. The van der Waals surface area contributed by atoms with Gasteiger partial charge in [-0.3, -0.25) is 9.59 Å². The summed E-state index contributed by atoms with van der Waals surface area (Å²) in [4.78, 5) is 24.1.